The van der Waals surface area contributed by atoms with E-state index in [1.807, 2.05) is 6.07 Å². The standard InChI is InChI=1S/C32H34N4O6S/c1-36(2)32(38)24-10-7-9-22(19-24)23-15-16-29(42-4)30(20-23)43(39,40)35-26-12-8-11-25(21-26)33-17-18-34-31(37)27-13-5-6-14-28(27)41-3/h5-16,19-21,33,35H,17-18H2,1-4H3,(H,34,37). The van der Waals surface area contributed by atoms with Crippen molar-refractivity contribution in [1.82, 2.24) is 10.2 Å². The summed E-state index contributed by atoms with van der Waals surface area (Å²) < 4.78 is 40.3. The predicted octanol–water partition coefficient (Wildman–Crippen LogP) is 4.72. The zero-order valence-corrected chi connectivity index (χ0v) is 25.2. The molecule has 0 aromatic heterocycles. The molecule has 0 atom stereocenters. The van der Waals surface area contributed by atoms with Gasteiger partial charge >= 0.3 is 0 Å². The van der Waals surface area contributed by atoms with Crippen molar-refractivity contribution in [3.8, 4) is 22.6 Å². The van der Waals surface area contributed by atoms with Crippen molar-refractivity contribution in [2.45, 2.75) is 4.90 Å². The molecule has 0 aliphatic carbocycles. The number of para-hydroxylation sites is 1. The van der Waals surface area contributed by atoms with Crippen molar-refractivity contribution in [3.05, 3.63) is 102 Å². The Labute approximate surface area is 251 Å². The normalized spacial score (nSPS) is 10.9. The molecule has 10 nitrogen and oxygen atoms in total. The van der Waals surface area contributed by atoms with Gasteiger partial charge in [0.05, 0.1) is 25.5 Å². The van der Waals surface area contributed by atoms with Crippen LogP contribution in [0.2, 0.25) is 0 Å². The fraction of sp³-hybridized carbons (Fsp3) is 0.188. The van der Waals surface area contributed by atoms with E-state index in [1.54, 1.807) is 93.0 Å². The summed E-state index contributed by atoms with van der Waals surface area (Å²) in [6.07, 6.45) is 0. The molecule has 0 saturated carbocycles. The summed E-state index contributed by atoms with van der Waals surface area (Å²) in [4.78, 5) is 26.4. The summed E-state index contributed by atoms with van der Waals surface area (Å²) in [6, 6.07) is 25.6. The van der Waals surface area contributed by atoms with E-state index in [4.69, 9.17) is 9.47 Å². The van der Waals surface area contributed by atoms with Crippen LogP contribution in [0, 0.1) is 0 Å². The summed E-state index contributed by atoms with van der Waals surface area (Å²) in [6.45, 7) is 0.737. The van der Waals surface area contributed by atoms with Crippen molar-refractivity contribution < 1.29 is 27.5 Å². The average Bonchev–Trinajstić information content (AvgIpc) is 3.02. The molecule has 224 valence electrons. The highest BCUT2D eigenvalue weighted by Crippen LogP contribution is 2.32. The molecule has 11 heteroatoms. The van der Waals surface area contributed by atoms with E-state index in [2.05, 4.69) is 15.4 Å². The molecule has 2 amide bonds. The number of ether oxygens (including phenoxy) is 2. The number of nitrogens with one attached hydrogen (secondary N) is 3. The Morgan fingerprint density at radius 1 is 0.744 bits per heavy atom. The van der Waals surface area contributed by atoms with Crippen molar-refractivity contribution in [2.75, 3.05) is 51.4 Å². The second-order valence-electron chi connectivity index (χ2n) is 9.72. The summed E-state index contributed by atoms with van der Waals surface area (Å²) >= 11 is 0. The lowest BCUT2D eigenvalue weighted by atomic mass is 10.0. The van der Waals surface area contributed by atoms with Gasteiger partial charge in [-0.25, -0.2) is 8.42 Å². The lowest BCUT2D eigenvalue weighted by molar-refractivity contribution is 0.0827. The van der Waals surface area contributed by atoms with E-state index in [0.29, 0.717) is 52.5 Å². The van der Waals surface area contributed by atoms with Gasteiger partial charge in [-0.3, -0.25) is 14.3 Å². The van der Waals surface area contributed by atoms with Gasteiger partial charge in [0.2, 0.25) is 0 Å². The van der Waals surface area contributed by atoms with E-state index in [-0.39, 0.29) is 22.5 Å². The molecule has 0 fully saturated rings. The Balaban J connectivity index is 1.46. The molecule has 4 aromatic rings. The van der Waals surface area contributed by atoms with Crippen molar-refractivity contribution in [1.29, 1.82) is 0 Å². The lowest BCUT2D eigenvalue weighted by Gasteiger charge is -2.15. The molecule has 0 bridgehead atoms. The highest BCUT2D eigenvalue weighted by molar-refractivity contribution is 7.92. The molecular formula is C32H34N4O6S. The van der Waals surface area contributed by atoms with Gasteiger partial charge in [-0.1, -0.05) is 36.4 Å². The molecule has 0 aliphatic heterocycles. The summed E-state index contributed by atoms with van der Waals surface area (Å²) in [5.41, 5.74) is 3.24. The summed E-state index contributed by atoms with van der Waals surface area (Å²) in [5, 5.41) is 6.02. The average molecular weight is 603 g/mol. The van der Waals surface area contributed by atoms with E-state index < -0.39 is 10.0 Å². The Morgan fingerprint density at radius 2 is 1.44 bits per heavy atom. The van der Waals surface area contributed by atoms with Crippen molar-refractivity contribution in [2.24, 2.45) is 0 Å². The SMILES string of the molecule is COc1ccccc1C(=O)NCCNc1cccc(NS(=O)(=O)c2cc(-c3cccc(C(=O)N(C)C)c3)ccc2OC)c1. The number of anilines is 2. The monoisotopic (exact) mass is 602 g/mol. The quantitative estimate of drug-likeness (QED) is 0.201. The first-order valence-corrected chi connectivity index (χ1v) is 14.9. The van der Waals surface area contributed by atoms with E-state index in [0.717, 1.165) is 0 Å². The maximum Gasteiger partial charge on any atom is 0.265 e. The second-order valence-corrected chi connectivity index (χ2v) is 11.4. The minimum atomic E-state index is -4.06. The van der Waals surface area contributed by atoms with Gasteiger partial charge in [0.1, 0.15) is 16.4 Å². The first-order chi connectivity index (χ1) is 20.6. The molecule has 43 heavy (non-hydrogen) atoms. The zero-order valence-electron chi connectivity index (χ0n) is 24.4. The number of sulfonamides is 1. The smallest absolute Gasteiger partial charge is 0.265 e. The maximum atomic E-state index is 13.5. The Bertz CT molecular complexity index is 1720. The van der Waals surface area contributed by atoms with Crippen LogP contribution in [0.5, 0.6) is 11.5 Å². The van der Waals surface area contributed by atoms with Crippen molar-refractivity contribution in [3.63, 3.8) is 0 Å². The van der Waals surface area contributed by atoms with Crippen LogP contribution in [-0.4, -0.2) is 66.5 Å². The second kappa shape index (κ2) is 13.8. The molecule has 0 unspecified atom stereocenters. The number of benzene rings is 4. The summed E-state index contributed by atoms with van der Waals surface area (Å²) in [5.74, 6) is 0.255. The zero-order chi connectivity index (χ0) is 31.0. The third-order valence-corrected chi connectivity index (χ3v) is 7.91. The maximum absolute atomic E-state index is 13.5. The molecule has 0 spiro atoms. The van der Waals surface area contributed by atoms with Crippen LogP contribution in [0.25, 0.3) is 11.1 Å². The van der Waals surface area contributed by atoms with Crippen LogP contribution in [-0.2, 0) is 10.0 Å². The van der Waals surface area contributed by atoms with Crippen LogP contribution in [0.1, 0.15) is 20.7 Å². The fourth-order valence-corrected chi connectivity index (χ4v) is 5.61. The molecule has 0 radical (unpaired) electrons. The van der Waals surface area contributed by atoms with Crippen molar-refractivity contribution >= 4 is 33.2 Å². The van der Waals surface area contributed by atoms with Gasteiger partial charge in [0, 0.05) is 38.4 Å². The number of hydrogen-bond acceptors (Lipinski definition) is 7. The number of rotatable bonds is 12. The Kier molecular flexibility index (Phi) is 9.89. The molecule has 3 N–H and O–H groups in total. The van der Waals surface area contributed by atoms with Gasteiger partial charge in [0.15, 0.2) is 0 Å². The number of hydrogen-bond donors (Lipinski definition) is 3. The van der Waals surface area contributed by atoms with Gasteiger partial charge in [-0.2, -0.15) is 0 Å². The molecule has 0 aliphatic rings. The highest BCUT2D eigenvalue weighted by Gasteiger charge is 2.21. The molecule has 4 aromatic carbocycles. The number of methoxy groups -OCH3 is 2. The topological polar surface area (TPSA) is 126 Å². The highest BCUT2D eigenvalue weighted by atomic mass is 32.2. The molecule has 4 rings (SSSR count). The van der Waals surface area contributed by atoms with Gasteiger partial charge in [0.25, 0.3) is 21.8 Å². The van der Waals surface area contributed by atoms with Crippen LogP contribution in [0.3, 0.4) is 0 Å². The van der Waals surface area contributed by atoms with Crippen LogP contribution >= 0.6 is 0 Å². The largest absolute Gasteiger partial charge is 0.496 e. The lowest BCUT2D eigenvalue weighted by Crippen LogP contribution is -2.29. The molecule has 0 heterocycles. The third-order valence-electron chi connectivity index (χ3n) is 6.51. The van der Waals surface area contributed by atoms with Gasteiger partial charge in [-0.15, -0.1) is 0 Å². The minimum absolute atomic E-state index is 0.0470. The van der Waals surface area contributed by atoms with Gasteiger partial charge in [-0.05, 0) is 65.7 Å². The molecule has 0 saturated heterocycles. The number of amides is 2. The fourth-order valence-electron chi connectivity index (χ4n) is 4.37. The summed E-state index contributed by atoms with van der Waals surface area (Å²) in [7, 11) is 2.19. The molecular weight excluding hydrogens is 568 g/mol. The predicted molar refractivity (Wildman–Crippen MR) is 168 cm³/mol. The van der Waals surface area contributed by atoms with Crippen LogP contribution < -0.4 is 24.8 Å². The first kappa shape index (κ1) is 30.9. The number of carbonyl (C=O) groups excluding carboxylic acids is 2. The first-order valence-electron chi connectivity index (χ1n) is 13.4. The van der Waals surface area contributed by atoms with Crippen LogP contribution in [0.15, 0.2) is 95.9 Å². The van der Waals surface area contributed by atoms with E-state index in [1.165, 1.54) is 25.2 Å². The van der Waals surface area contributed by atoms with Gasteiger partial charge < -0.3 is 25.0 Å². The van der Waals surface area contributed by atoms with E-state index >= 15 is 0 Å². The van der Waals surface area contributed by atoms with E-state index in [9.17, 15) is 18.0 Å². The Hall–Kier alpha value is -5.03. The van der Waals surface area contributed by atoms with Crippen LogP contribution in [0.4, 0.5) is 11.4 Å². The third kappa shape index (κ3) is 7.63. The number of nitrogens with zero attached hydrogens (tertiary/aromatic N) is 1. The Morgan fingerprint density at radius 3 is 2.19 bits per heavy atom. The minimum Gasteiger partial charge on any atom is -0.496 e. The number of carbonyl (C=O) groups is 2.